The molecule has 1 aromatic heterocycles. The number of nitro benzene ring substituents is 1. The van der Waals surface area contributed by atoms with Gasteiger partial charge in [-0.1, -0.05) is 29.3 Å². The van der Waals surface area contributed by atoms with E-state index < -0.39 is 10.5 Å². The number of anilines is 1. The lowest BCUT2D eigenvalue weighted by Crippen LogP contribution is -2.41. The molecule has 0 radical (unpaired) electrons. The van der Waals surface area contributed by atoms with Crippen LogP contribution in [-0.2, 0) is 16.9 Å². The predicted molar refractivity (Wildman–Crippen MR) is 119 cm³/mol. The summed E-state index contributed by atoms with van der Waals surface area (Å²) in [4.78, 5) is 20.8. The van der Waals surface area contributed by atoms with Gasteiger partial charge in [-0.15, -0.1) is 0 Å². The monoisotopic (exact) mass is 461 g/mol. The average Bonchev–Trinajstić information content (AvgIpc) is 3.37. The fraction of sp³-hybridized carbons (Fsp3) is 0.286. The van der Waals surface area contributed by atoms with E-state index in [4.69, 9.17) is 28.0 Å². The van der Waals surface area contributed by atoms with Gasteiger partial charge in [0.2, 0.25) is 0 Å². The molecule has 1 N–H and O–H groups in total. The van der Waals surface area contributed by atoms with Crippen LogP contribution in [0, 0.1) is 10.1 Å². The van der Waals surface area contributed by atoms with E-state index in [0.717, 1.165) is 11.3 Å². The highest BCUT2D eigenvalue weighted by Crippen LogP contribution is 2.42. The molecule has 31 heavy (non-hydrogen) atoms. The highest BCUT2D eigenvalue weighted by atomic mass is 35.5. The molecule has 162 valence electrons. The molecule has 0 amide bonds. The zero-order valence-corrected chi connectivity index (χ0v) is 18.3. The van der Waals surface area contributed by atoms with E-state index in [1.54, 1.807) is 30.7 Å². The SMILES string of the molecule is CN1OC(CNc2ccc([N+](=O)[O-])cc2)CC1(Cn1ccnc1)c1ccc(Cl)c(Cl)c1. The van der Waals surface area contributed by atoms with Gasteiger partial charge in [0.15, 0.2) is 0 Å². The van der Waals surface area contributed by atoms with Crippen LogP contribution in [0.15, 0.2) is 61.2 Å². The Morgan fingerprint density at radius 3 is 2.68 bits per heavy atom. The van der Waals surface area contributed by atoms with E-state index in [-0.39, 0.29) is 11.8 Å². The molecular formula is C21H21Cl2N5O3. The van der Waals surface area contributed by atoms with Crippen LogP contribution >= 0.6 is 23.2 Å². The summed E-state index contributed by atoms with van der Waals surface area (Å²) in [5, 5.41) is 17.0. The molecule has 1 aliphatic rings. The number of nitrogens with one attached hydrogen (secondary N) is 1. The maximum absolute atomic E-state index is 10.8. The number of hydrogen-bond acceptors (Lipinski definition) is 6. The van der Waals surface area contributed by atoms with Gasteiger partial charge in [-0.3, -0.25) is 15.0 Å². The van der Waals surface area contributed by atoms with Crippen molar-refractivity contribution in [3.8, 4) is 0 Å². The molecule has 1 aliphatic heterocycles. The van der Waals surface area contributed by atoms with E-state index in [1.807, 2.05) is 35.0 Å². The lowest BCUT2D eigenvalue weighted by molar-refractivity contribution is -0.384. The van der Waals surface area contributed by atoms with Crippen LogP contribution in [0.2, 0.25) is 10.0 Å². The second kappa shape index (κ2) is 8.84. The number of halogens is 2. The van der Waals surface area contributed by atoms with Crippen molar-refractivity contribution in [3.05, 3.63) is 86.9 Å². The molecule has 1 saturated heterocycles. The molecular weight excluding hydrogens is 441 g/mol. The van der Waals surface area contributed by atoms with Gasteiger partial charge in [-0.2, -0.15) is 5.06 Å². The van der Waals surface area contributed by atoms with Gasteiger partial charge in [-0.05, 0) is 29.8 Å². The quantitative estimate of drug-likeness (QED) is 0.403. The molecule has 10 heteroatoms. The number of imidazole rings is 1. The Balaban J connectivity index is 1.54. The van der Waals surface area contributed by atoms with Gasteiger partial charge in [-0.25, -0.2) is 4.98 Å². The number of hydrogen-bond donors (Lipinski definition) is 1. The summed E-state index contributed by atoms with van der Waals surface area (Å²) in [6.45, 7) is 1.16. The molecule has 3 aromatic rings. The number of non-ortho nitro benzene ring substituents is 1. The zero-order valence-electron chi connectivity index (χ0n) is 16.7. The van der Waals surface area contributed by atoms with Crippen LogP contribution in [0.25, 0.3) is 0 Å². The Kier molecular flexibility index (Phi) is 6.15. The second-order valence-corrected chi connectivity index (χ2v) is 8.32. The maximum Gasteiger partial charge on any atom is 0.269 e. The highest BCUT2D eigenvalue weighted by molar-refractivity contribution is 6.42. The van der Waals surface area contributed by atoms with Crippen molar-refractivity contribution < 1.29 is 9.76 Å². The molecule has 2 heterocycles. The summed E-state index contributed by atoms with van der Waals surface area (Å²) in [7, 11) is 1.91. The number of aromatic nitrogens is 2. The number of nitrogens with zero attached hydrogens (tertiary/aromatic N) is 4. The molecule has 2 unspecified atom stereocenters. The Morgan fingerprint density at radius 2 is 2.03 bits per heavy atom. The Labute approximate surface area is 189 Å². The second-order valence-electron chi connectivity index (χ2n) is 7.51. The van der Waals surface area contributed by atoms with Crippen LogP contribution in [0.5, 0.6) is 0 Å². The minimum Gasteiger partial charge on any atom is -0.382 e. The van der Waals surface area contributed by atoms with Crippen molar-refractivity contribution in [2.45, 2.75) is 24.6 Å². The average molecular weight is 462 g/mol. The molecule has 0 spiro atoms. The van der Waals surface area contributed by atoms with Crippen LogP contribution in [0.3, 0.4) is 0 Å². The van der Waals surface area contributed by atoms with Crippen LogP contribution in [-0.4, -0.2) is 39.2 Å². The standard InChI is InChI=1S/C21H21Cl2N5O3/c1-26-21(13-27-9-8-24-14-27,15-2-7-19(22)20(23)10-15)11-18(31-26)12-25-16-3-5-17(6-4-16)28(29)30/h2-10,14,18,25H,11-13H2,1H3. The largest absolute Gasteiger partial charge is 0.382 e. The minimum atomic E-state index is -0.475. The van der Waals surface area contributed by atoms with E-state index in [9.17, 15) is 10.1 Å². The smallest absolute Gasteiger partial charge is 0.269 e. The normalized spacial score (nSPS) is 21.3. The van der Waals surface area contributed by atoms with E-state index in [1.165, 1.54) is 12.1 Å². The van der Waals surface area contributed by atoms with Crippen molar-refractivity contribution in [3.63, 3.8) is 0 Å². The number of likely N-dealkylation sites (N-methyl/N-ethyl adjacent to an activating group) is 1. The molecule has 4 rings (SSSR count). The first-order valence-electron chi connectivity index (χ1n) is 9.67. The maximum atomic E-state index is 10.8. The molecule has 0 bridgehead atoms. The number of hydroxylamine groups is 2. The van der Waals surface area contributed by atoms with Gasteiger partial charge < -0.3 is 9.88 Å². The van der Waals surface area contributed by atoms with Gasteiger partial charge in [0, 0.05) is 56.8 Å². The number of benzene rings is 2. The minimum absolute atomic E-state index is 0.0568. The Hall–Kier alpha value is -2.65. The molecule has 2 atom stereocenters. The zero-order chi connectivity index (χ0) is 22.0. The van der Waals surface area contributed by atoms with Crippen molar-refractivity contribution in [2.75, 3.05) is 18.9 Å². The summed E-state index contributed by atoms with van der Waals surface area (Å²) in [5.41, 5.74) is 1.37. The van der Waals surface area contributed by atoms with Crippen molar-refractivity contribution in [2.24, 2.45) is 0 Å². The van der Waals surface area contributed by atoms with Crippen molar-refractivity contribution in [1.29, 1.82) is 0 Å². The van der Waals surface area contributed by atoms with Gasteiger partial charge in [0.25, 0.3) is 5.69 Å². The summed E-state index contributed by atoms with van der Waals surface area (Å²) >= 11 is 12.5. The summed E-state index contributed by atoms with van der Waals surface area (Å²) in [6.07, 6.45) is 6.00. The van der Waals surface area contributed by atoms with Crippen LogP contribution in [0.1, 0.15) is 12.0 Å². The van der Waals surface area contributed by atoms with Crippen LogP contribution < -0.4 is 5.32 Å². The van der Waals surface area contributed by atoms with Crippen molar-refractivity contribution in [1.82, 2.24) is 14.6 Å². The predicted octanol–water partition coefficient (Wildman–Crippen LogP) is 4.74. The molecule has 1 fully saturated rings. The molecule has 0 aliphatic carbocycles. The van der Waals surface area contributed by atoms with Crippen molar-refractivity contribution >= 4 is 34.6 Å². The lowest BCUT2D eigenvalue weighted by atomic mass is 9.85. The lowest BCUT2D eigenvalue weighted by Gasteiger charge is -2.35. The first kappa shape index (κ1) is 21.6. The third-order valence-corrected chi connectivity index (χ3v) is 6.29. The van der Waals surface area contributed by atoms with Gasteiger partial charge in [0.1, 0.15) is 0 Å². The van der Waals surface area contributed by atoms with E-state index in [2.05, 4.69) is 10.3 Å². The molecule has 0 saturated carbocycles. The fourth-order valence-corrected chi connectivity index (χ4v) is 4.23. The summed E-state index contributed by atoms with van der Waals surface area (Å²) < 4.78 is 2.01. The van der Waals surface area contributed by atoms with Gasteiger partial charge >= 0.3 is 0 Å². The van der Waals surface area contributed by atoms with E-state index in [0.29, 0.717) is 29.6 Å². The molecule has 8 nitrogen and oxygen atoms in total. The van der Waals surface area contributed by atoms with E-state index >= 15 is 0 Å². The third kappa shape index (κ3) is 4.52. The molecule has 2 aromatic carbocycles. The topological polar surface area (TPSA) is 85.5 Å². The number of nitro groups is 1. The Bertz CT molecular complexity index is 1060. The summed E-state index contributed by atoms with van der Waals surface area (Å²) in [6, 6.07) is 12.0. The highest BCUT2D eigenvalue weighted by Gasteiger charge is 2.47. The third-order valence-electron chi connectivity index (χ3n) is 5.55. The first-order chi connectivity index (χ1) is 14.9. The summed E-state index contributed by atoms with van der Waals surface area (Å²) in [5.74, 6) is 0. The number of rotatable bonds is 7. The van der Waals surface area contributed by atoms with Gasteiger partial charge in [0.05, 0.1) is 32.9 Å². The first-order valence-corrected chi connectivity index (χ1v) is 10.4. The van der Waals surface area contributed by atoms with Crippen LogP contribution in [0.4, 0.5) is 11.4 Å². The fourth-order valence-electron chi connectivity index (χ4n) is 3.93. The Morgan fingerprint density at radius 1 is 1.26 bits per heavy atom.